The molecule has 3 aliphatic rings. The number of nitrogens with zero attached hydrogens (tertiary/aromatic N) is 3. The molecule has 1 saturated carbocycles. The van der Waals surface area contributed by atoms with Crippen LogP contribution in [0, 0.1) is 5.92 Å². The van der Waals surface area contributed by atoms with Crippen molar-refractivity contribution in [3.8, 4) is 39.5 Å². The van der Waals surface area contributed by atoms with Gasteiger partial charge in [-0.3, -0.25) is 9.78 Å². The lowest BCUT2D eigenvalue weighted by molar-refractivity contribution is -0.119. The van der Waals surface area contributed by atoms with E-state index in [9.17, 15) is 4.79 Å². The Morgan fingerprint density at radius 3 is 2.64 bits per heavy atom. The Kier molecular flexibility index (Phi) is 8.09. The van der Waals surface area contributed by atoms with Crippen LogP contribution in [0.5, 0.6) is 5.88 Å². The highest BCUT2D eigenvalue weighted by atomic mass is 35.5. The highest BCUT2D eigenvalue weighted by Crippen LogP contribution is 2.44. The lowest BCUT2D eigenvalue weighted by atomic mass is 9.99. The van der Waals surface area contributed by atoms with Crippen LogP contribution in [0.1, 0.15) is 49.5 Å². The number of fused-ring (bicyclic) bond motifs is 3. The van der Waals surface area contributed by atoms with Gasteiger partial charge in [-0.2, -0.15) is 0 Å². The van der Waals surface area contributed by atoms with E-state index in [1.54, 1.807) is 13.3 Å². The predicted molar refractivity (Wildman–Crippen MR) is 184 cm³/mol. The topological polar surface area (TPSA) is 117 Å². The lowest BCUT2D eigenvalue weighted by Gasteiger charge is -2.20. The van der Waals surface area contributed by atoms with Gasteiger partial charge in [0.05, 0.1) is 45.6 Å². The summed E-state index contributed by atoms with van der Waals surface area (Å²) in [5, 5.41) is 11.2. The number of hydrogen-bond acceptors (Lipinski definition) is 7. The third-order valence-electron chi connectivity index (χ3n) is 9.81. The van der Waals surface area contributed by atoms with Gasteiger partial charge in [0.25, 0.3) is 0 Å². The molecule has 0 spiro atoms. The molecular weight excluding hydrogens is 633 g/mol. The summed E-state index contributed by atoms with van der Waals surface area (Å²) < 4.78 is 5.66. The Labute approximate surface area is 282 Å². The average Bonchev–Trinajstić information content (AvgIpc) is 3.90. The van der Waals surface area contributed by atoms with E-state index in [4.69, 9.17) is 37.9 Å². The molecule has 4 N–H and O–H groups in total. The second kappa shape index (κ2) is 12.5. The number of H-pyrrole nitrogens is 1. The van der Waals surface area contributed by atoms with Gasteiger partial charge in [0, 0.05) is 65.6 Å². The molecule has 8 rings (SSSR count). The van der Waals surface area contributed by atoms with E-state index >= 15 is 0 Å². The van der Waals surface area contributed by atoms with E-state index in [1.165, 1.54) is 19.3 Å². The van der Waals surface area contributed by atoms with Crippen LogP contribution in [0.3, 0.4) is 0 Å². The van der Waals surface area contributed by atoms with Crippen LogP contribution >= 0.6 is 23.2 Å². The fourth-order valence-electron chi connectivity index (χ4n) is 7.42. The number of rotatable bonds is 9. The van der Waals surface area contributed by atoms with Crippen molar-refractivity contribution in [2.75, 3.05) is 13.7 Å². The zero-order chi connectivity index (χ0) is 32.1. The van der Waals surface area contributed by atoms with Crippen molar-refractivity contribution in [2.24, 2.45) is 5.92 Å². The molecule has 11 heteroatoms. The Hall–Kier alpha value is -4.02. The minimum absolute atomic E-state index is 0.108. The third-order valence-corrected chi connectivity index (χ3v) is 10.6. The molecule has 9 nitrogen and oxygen atoms in total. The van der Waals surface area contributed by atoms with Gasteiger partial charge in [0.1, 0.15) is 5.82 Å². The molecule has 240 valence electrons. The molecule has 3 aromatic heterocycles. The van der Waals surface area contributed by atoms with E-state index in [0.29, 0.717) is 64.8 Å². The number of aromatic amines is 1. The first-order valence-electron chi connectivity index (χ1n) is 16.2. The lowest BCUT2D eigenvalue weighted by Crippen LogP contribution is -2.35. The molecular formula is C36H35Cl2N7O2. The fourth-order valence-corrected chi connectivity index (χ4v) is 8.07. The van der Waals surface area contributed by atoms with Crippen molar-refractivity contribution in [3.05, 3.63) is 82.2 Å². The molecule has 2 aromatic carbocycles. The molecule has 4 atom stereocenters. The van der Waals surface area contributed by atoms with Crippen LogP contribution in [0.25, 0.3) is 44.7 Å². The maximum absolute atomic E-state index is 11.5. The smallest absolute Gasteiger partial charge is 0.220 e. The molecule has 5 heterocycles. The number of imidazole rings is 1. The van der Waals surface area contributed by atoms with Crippen molar-refractivity contribution in [1.29, 1.82) is 0 Å². The summed E-state index contributed by atoms with van der Waals surface area (Å²) in [6, 6.07) is 18.9. The van der Waals surface area contributed by atoms with Gasteiger partial charge < -0.3 is 25.7 Å². The Bertz CT molecular complexity index is 2000. The maximum atomic E-state index is 11.5. The predicted octanol–water partition coefficient (Wildman–Crippen LogP) is 6.85. The zero-order valence-electron chi connectivity index (χ0n) is 25.9. The normalized spacial score (nSPS) is 21.9. The van der Waals surface area contributed by atoms with E-state index in [2.05, 4.69) is 32.0 Å². The summed E-state index contributed by atoms with van der Waals surface area (Å²) in [6.07, 6.45) is 6.95. The molecule has 3 fully saturated rings. The number of piperidine rings is 1. The number of pyridine rings is 2. The van der Waals surface area contributed by atoms with Crippen molar-refractivity contribution >= 4 is 40.1 Å². The first-order valence-corrected chi connectivity index (χ1v) is 16.9. The minimum Gasteiger partial charge on any atom is -0.481 e. The number of hydrogen-bond donors (Lipinski definition) is 4. The van der Waals surface area contributed by atoms with Gasteiger partial charge in [-0.05, 0) is 55.9 Å². The second-order valence-electron chi connectivity index (χ2n) is 12.8. The fraction of sp³-hybridized carbons (Fsp3) is 0.333. The highest BCUT2D eigenvalue weighted by Gasteiger charge is 2.41. The maximum Gasteiger partial charge on any atom is 0.220 e. The molecule has 2 saturated heterocycles. The summed E-state index contributed by atoms with van der Waals surface area (Å²) >= 11 is 14.2. The third kappa shape index (κ3) is 5.75. The van der Waals surface area contributed by atoms with E-state index in [-0.39, 0.29) is 11.9 Å². The molecule has 2 aliphatic heterocycles. The van der Waals surface area contributed by atoms with Gasteiger partial charge in [0.15, 0.2) is 0 Å². The number of ether oxygens (including phenoxy) is 1. The average molecular weight is 669 g/mol. The van der Waals surface area contributed by atoms with E-state index in [0.717, 1.165) is 51.1 Å². The van der Waals surface area contributed by atoms with Crippen molar-refractivity contribution in [2.45, 2.75) is 56.8 Å². The molecule has 1 amide bonds. The summed E-state index contributed by atoms with van der Waals surface area (Å²) in [5.74, 6) is 2.29. The summed E-state index contributed by atoms with van der Waals surface area (Å²) in [7, 11) is 1.61. The van der Waals surface area contributed by atoms with Crippen LogP contribution in [-0.4, -0.2) is 51.6 Å². The molecule has 2 bridgehead atoms. The number of nitrogens with one attached hydrogen (secondary N) is 4. The molecule has 1 aliphatic carbocycles. The Morgan fingerprint density at radius 2 is 1.85 bits per heavy atom. The largest absolute Gasteiger partial charge is 0.481 e. The van der Waals surface area contributed by atoms with Crippen LogP contribution in [0.4, 0.5) is 0 Å². The quantitative estimate of drug-likeness (QED) is 0.136. The SMILES string of the molecule is COc1nc(-c2cccc(-c3ccnc(-c4ccc5nc([C@H]6N[C@@H]7CC[C@H]6C7)[nH]c5c4)c3Cl)c2Cl)ccc1CNC[C@H]1CCC(=O)N1. The van der Waals surface area contributed by atoms with Crippen molar-refractivity contribution < 1.29 is 9.53 Å². The van der Waals surface area contributed by atoms with E-state index < -0.39 is 0 Å². The number of benzene rings is 2. The molecule has 47 heavy (non-hydrogen) atoms. The summed E-state index contributed by atoms with van der Waals surface area (Å²) in [4.78, 5) is 29.5. The van der Waals surface area contributed by atoms with Crippen LogP contribution in [0.15, 0.2) is 60.8 Å². The molecule has 5 aromatic rings. The number of amides is 1. The van der Waals surface area contributed by atoms with Gasteiger partial charge in [-0.15, -0.1) is 0 Å². The van der Waals surface area contributed by atoms with Gasteiger partial charge in [0.2, 0.25) is 11.8 Å². The number of carbonyl (C=O) groups is 1. The van der Waals surface area contributed by atoms with Crippen molar-refractivity contribution in [1.82, 2.24) is 35.9 Å². The van der Waals surface area contributed by atoms with Crippen LogP contribution < -0.4 is 20.7 Å². The number of carbonyl (C=O) groups excluding carboxylic acids is 1. The summed E-state index contributed by atoms with van der Waals surface area (Å²) in [6.45, 7) is 1.25. The summed E-state index contributed by atoms with van der Waals surface area (Å²) in [5.41, 5.74) is 7.43. The Balaban J connectivity index is 1.05. The van der Waals surface area contributed by atoms with Gasteiger partial charge in [-0.25, -0.2) is 9.97 Å². The number of halogens is 2. The van der Waals surface area contributed by atoms with E-state index in [1.807, 2.05) is 48.5 Å². The second-order valence-corrected chi connectivity index (χ2v) is 13.5. The molecule has 0 radical (unpaired) electrons. The van der Waals surface area contributed by atoms with Gasteiger partial charge in [-0.1, -0.05) is 53.5 Å². The Morgan fingerprint density at radius 1 is 0.979 bits per heavy atom. The minimum atomic E-state index is 0.108. The van der Waals surface area contributed by atoms with Crippen molar-refractivity contribution in [3.63, 3.8) is 0 Å². The zero-order valence-corrected chi connectivity index (χ0v) is 27.5. The highest BCUT2D eigenvalue weighted by molar-refractivity contribution is 6.39. The number of aromatic nitrogens is 4. The van der Waals surface area contributed by atoms with Crippen LogP contribution in [0.2, 0.25) is 10.0 Å². The number of methoxy groups -OCH3 is 1. The molecule has 0 unspecified atom stereocenters. The monoisotopic (exact) mass is 667 g/mol. The first-order chi connectivity index (χ1) is 22.9. The standard InChI is InChI=1S/C36H35Cl2N7O2/c1-47-36-21(17-39-18-23-9-12-30(46)41-23)7-10-27(45-36)26-4-2-3-24(31(26)37)25-13-14-40-33(32(25)38)20-6-11-28-29(16-20)44-35(43-28)34-19-5-8-22(15-19)42-34/h2-4,6-7,10-11,13-14,16,19,22-23,34,39,42H,5,8-9,12,15,17-18H2,1H3,(H,41,46)(H,43,44)/t19-,22+,23+,34-/m0/s1. The van der Waals surface area contributed by atoms with Crippen LogP contribution in [-0.2, 0) is 11.3 Å². The van der Waals surface area contributed by atoms with Gasteiger partial charge >= 0.3 is 0 Å². The first kappa shape index (κ1) is 30.3.